The van der Waals surface area contributed by atoms with E-state index in [0.29, 0.717) is 38.2 Å². The van der Waals surface area contributed by atoms with E-state index in [9.17, 15) is 9.59 Å². The normalized spacial score (nSPS) is 13.9. The van der Waals surface area contributed by atoms with Gasteiger partial charge in [0.2, 0.25) is 5.91 Å². The van der Waals surface area contributed by atoms with Gasteiger partial charge in [-0.1, -0.05) is 48.5 Å². The fourth-order valence-electron chi connectivity index (χ4n) is 2.90. The van der Waals surface area contributed by atoms with Gasteiger partial charge in [0.15, 0.2) is 0 Å². The Morgan fingerprint density at radius 2 is 1.74 bits per heavy atom. The van der Waals surface area contributed by atoms with Crippen LogP contribution < -0.4 is 10.2 Å². The number of hydrazone groups is 1. The SMILES string of the molecule is CN(CCNC(=O)C1=NN(Cc2ccccc2)C(=O)CC1)c1ccccc1. The Morgan fingerprint density at radius 3 is 2.44 bits per heavy atom. The molecule has 0 atom stereocenters. The summed E-state index contributed by atoms with van der Waals surface area (Å²) in [6, 6.07) is 19.7. The van der Waals surface area contributed by atoms with Crippen molar-refractivity contribution in [3.8, 4) is 0 Å². The van der Waals surface area contributed by atoms with Crippen molar-refractivity contribution in [1.82, 2.24) is 10.3 Å². The topological polar surface area (TPSA) is 65.0 Å². The summed E-state index contributed by atoms with van der Waals surface area (Å²) in [5, 5.41) is 8.58. The van der Waals surface area contributed by atoms with Gasteiger partial charge in [-0.2, -0.15) is 5.10 Å². The van der Waals surface area contributed by atoms with E-state index in [1.54, 1.807) is 0 Å². The number of nitrogens with one attached hydrogen (secondary N) is 1. The lowest BCUT2D eigenvalue weighted by Crippen LogP contribution is -2.41. The molecule has 1 aliphatic heterocycles. The quantitative estimate of drug-likeness (QED) is 0.821. The molecular weight excluding hydrogens is 340 g/mol. The third kappa shape index (κ3) is 5.17. The number of benzene rings is 2. The van der Waals surface area contributed by atoms with Crippen LogP contribution in [0.2, 0.25) is 0 Å². The maximum Gasteiger partial charge on any atom is 0.267 e. The Kier molecular flexibility index (Phi) is 6.20. The molecule has 0 radical (unpaired) electrons. The van der Waals surface area contributed by atoms with E-state index >= 15 is 0 Å². The highest BCUT2D eigenvalue weighted by Crippen LogP contribution is 2.14. The predicted octanol–water partition coefficient (Wildman–Crippen LogP) is 2.42. The summed E-state index contributed by atoms with van der Waals surface area (Å²) in [7, 11) is 1.99. The fraction of sp³-hybridized carbons (Fsp3) is 0.286. The number of anilines is 1. The molecular formula is C21H24N4O2. The van der Waals surface area contributed by atoms with Gasteiger partial charge in [0.25, 0.3) is 5.91 Å². The van der Waals surface area contributed by atoms with Crippen molar-refractivity contribution >= 4 is 23.2 Å². The maximum absolute atomic E-state index is 12.4. The number of hydrogen-bond acceptors (Lipinski definition) is 4. The molecule has 2 amide bonds. The number of amides is 2. The van der Waals surface area contributed by atoms with Gasteiger partial charge in [0.1, 0.15) is 5.71 Å². The van der Waals surface area contributed by atoms with Crippen molar-refractivity contribution < 1.29 is 9.59 Å². The molecule has 0 unspecified atom stereocenters. The smallest absolute Gasteiger partial charge is 0.267 e. The van der Waals surface area contributed by atoms with Gasteiger partial charge >= 0.3 is 0 Å². The van der Waals surface area contributed by atoms with Gasteiger partial charge in [-0.3, -0.25) is 9.59 Å². The van der Waals surface area contributed by atoms with Crippen LogP contribution in [-0.2, 0) is 16.1 Å². The van der Waals surface area contributed by atoms with Crippen LogP contribution in [-0.4, -0.2) is 42.7 Å². The Bertz CT molecular complexity index is 805. The van der Waals surface area contributed by atoms with Crippen molar-refractivity contribution in [2.75, 3.05) is 25.0 Å². The first-order valence-electron chi connectivity index (χ1n) is 9.09. The van der Waals surface area contributed by atoms with Gasteiger partial charge in [-0.25, -0.2) is 5.01 Å². The number of para-hydroxylation sites is 1. The minimum atomic E-state index is -0.206. The lowest BCUT2D eigenvalue weighted by molar-refractivity contribution is -0.132. The maximum atomic E-state index is 12.4. The molecule has 2 aromatic rings. The molecule has 0 aliphatic carbocycles. The summed E-state index contributed by atoms with van der Waals surface area (Å²) < 4.78 is 0. The number of carbonyl (C=O) groups excluding carboxylic acids is 2. The van der Waals surface area contributed by atoms with Gasteiger partial charge in [-0.15, -0.1) is 0 Å². The number of rotatable bonds is 7. The van der Waals surface area contributed by atoms with Crippen molar-refractivity contribution in [3.63, 3.8) is 0 Å². The average Bonchev–Trinajstić information content (AvgIpc) is 2.71. The number of carbonyl (C=O) groups is 2. The van der Waals surface area contributed by atoms with Crippen LogP contribution in [0.25, 0.3) is 0 Å². The molecule has 0 bridgehead atoms. The molecule has 6 nitrogen and oxygen atoms in total. The molecule has 0 spiro atoms. The van der Waals surface area contributed by atoms with E-state index in [1.807, 2.05) is 67.7 Å². The monoisotopic (exact) mass is 364 g/mol. The Balaban J connectivity index is 1.54. The van der Waals surface area contributed by atoms with Crippen LogP contribution in [0.1, 0.15) is 18.4 Å². The molecule has 1 aliphatic rings. The van der Waals surface area contributed by atoms with E-state index in [4.69, 9.17) is 0 Å². The third-order valence-corrected chi connectivity index (χ3v) is 4.47. The third-order valence-electron chi connectivity index (χ3n) is 4.47. The molecule has 2 aromatic carbocycles. The second kappa shape index (κ2) is 8.98. The molecule has 3 rings (SSSR count). The van der Waals surface area contributed by atoms with Crippen LogP contribution in [0.15, 0.2) is 65.8 Å². The minimum Gasteiger partial charge on any atom is -0.373 e. The van der Waals surface area contributed by atoms with Crippen molar-refractivity contribution in [2.24, 2.45) is 5.10 Å². The first-order valence-corrected chi connectivity index (χ1v) is 9.09. The summed E-state index contributed by atoms with van der Waals surface area (Å²) in [6.45, 7) is 1.58. The second-order valence-corrected chi connectivity index (χ2v) is 6.50. The zero-order valence-corrected chi connectivity index (χ0v) is 15.5. The highest BCUT2D eigenvalue weighted by atomic mass is 16.2. The molecule has 1 heterocycles. The lowest BCUT2D eigenvalue weighted by Gasteiger charge is -2.24. The Hall–Kier alpha value is -3.15. The fourth-order valence-corrected chi connectivity index (χ4v) is 2.90. The largest absolute Gasteiger partial charge is 0.373 e. The summed E-state index contributed by atoms with van der Waals surface area (Å²) in [6.07, 6.45) is 0.688. The Labute approximate surface area is 159 Å². The van der Waals surface area contributed by atoms with Crippen LogP contribution in [0.4, 0.5) is 5.69 Å². The van der Waals surface area contributed by atoms with Gasteiger partial charge in [-0.05, 0) is 17.7 Å². The number of likely N-dealkylation sites (N-methyl/N-ethyl adjacent to an activating group) is 1. The average molecular weight is 364 g/mol. The van der Waals surface area contributed by atoms with Crippen LogP contribution in [0.5, 0.6) is 0 Å². The van der Waals surface area contributed by atoms with Crippen LogP contribution >= 0.6 is 0 Å². The zero-order valence-electron chi connectivity index (χ0n) is 15.5. The van der Waals surface area contributed by atoms with E-state index in [-0.39, 0.29) is 11.8 Å². The van der Waals surface area contributed by atoms with Crippen molar-refractivity contribution in [2.45, 2.75) is 19.4 Å². The first kappa shape index (κ1) is 18.6. The van der Waals surface area contributed by atoms with Gasteiger partial charge < -0.3 is 10.2 Å². The zero-order chi connectivity index (χ0) is 19.1. The summed E-state index contributed by atoms with van der Waals surface area (Å²) >= 11 is 0. The molecule has 6 heteroatoms. The van der Waals surface area contributed by atoms with E-state index in [2.05, 4.69) is 15.3 Å². The second-order valence-electron chi connectivity index (χ2n) is 6.50. The van der Waals surface area contributed by atoms with Gasteiger partial charge in [0.05, 0.1) is 6.54 Å². The van der Waals surface area contributed by atoms with Gasteiger partial charge in [0, 0.05) is 38.7 Å². The number of nitrogens with zero attached hydrogens (tertiary/aromatic N) is 3. The highest BCUT2D eigenvalue weighted by molar-refractivity contribution is 6.39. The lowest BCUT2D eigenvalue weighted by atomic mass is 10.1. The molecule has 27 heavy (non-hydrogen) atoms. The number of hydrogen-bond donors (Lipinski definition) is 1. The van der Waals surface area contributed by atoms with E-state index < -0.39 is 0 Å². The molecule has 0 saturated carbocycles. The highest BCUT2D eigenvalue weighted by Gasteiger charge is 2.24. The Morgan fingerprint density at radius 1 is 1.07 bits per heavy atom. The van der Waals surface area contributed by atoms with E-state index in [1.165, 1.54) is 5.01 Å². The van der Waals surface area contributed by atoms with Crippen LogP contribution in [0, 0.1) is 0 Å². The van der Waals surface area contributed by atoms with E-state index in [0.717, 1.165) is 11.3 Å². The molecule has 0 saturated heterocycles. The van der Waals surface area contributed by atoms with Crippen LogP contribution in [0.3, 0.4) is 0 Å². The summed E-state index contributed by atoms with van der Waals surface area (Å²) in [5.74, 6) is -0.263. The first-order chi connectivity index (χ1) is 13.1. The molecule has 1 N–H and O–H groups in total. The molecule has 140 valence electrons. The molecule has 0 fully saturated rings. The summed E-state index contributed by atoms with van der Waals surface area (Å²) in [5.41, 5.74) is 2.50. The van der Waals surface area contributed by atoms with Crippen molar-refractivity contribution in [3.05, 3.63) is 66.2 Å². The van der Waals surface area contributed by atoms with Crippen molar-refractivity contribution in [1.29, 1.82) is 0 Å². The minimum absolute atomic E-state index is 0.0563. The summed E-state index contributed by atoms with van der Waals surface area (Å²) in [4.78, 5) is 26.6. The standard InChI is InChI=1S/C21H24N4O2/c1-24(18-10-6-3-7-11-18)15-14-22-21(27)19-12-13-20(26)25(23-19)16-17-8-4-2-5-9-17/h2-11H,12-16H2,1H3,(H,22,27). The molecule has 0 aromatic heterocycles. The predicted molar refractivity (Wildman–Crippen MR) is 106 cm³/mol.